The van der Waals surface area contributed by atoms with Crippen LogP contribution in [0.2, 0.25) is 0 Å². The second-order valence-corrected chi connectivity index (χ2v) is 6.60. The Balaban J connectivity index is 2.23. The van der Waals surface area contributed by atoms with Gasteiger partial charge in [0.05, 0.1) is 0 Å². The lowest BCUT2D eigenvalue weighted by Gasteiger charge is -2.20. The highest BCUT2D eigenvalue weighted by Gasteiger charge is 2.29. The molecule has 2 nitrogen and oxygen atoms in total. The molecule has 4 heteroatoms. The van der Waals surface area contributed by atoms with E-state index in [4.69, 9.17) is 5.73 Å². The fourth-order valence-electron chi connectivity index (χ4n) is 2.73. The Morgan fingerprint density at radius 2 is 2.00 bits per heavy atom. The van der Waals surface area contributed by atoms with Gasteiger partial charge in [-0.25, -0.2) is 0 Å². The maximum atomic E-state index is 5.80. The van der Waals surface area contributed by atoms with E-state index in [2.05, 4.69) is 42.7 Å². The van der Waals surface area contributed by atoms with Crippen LogP contribution in [0.3, 0.4) is 0 Å². The molecule has 0 aliphatic carbocycles. The first-order chi connectivity index (χ1) is 8.69. The van der Waals surface area contributed by atoms with E-state index in [1.807, 2.05) is 23.5 Å². The first kappa shape index (κ1) is 14.3. The van der Waals surface area contributed by atoms with Crippen molar-refractivity contribution < 1.29 is 0 Å². The molecular formula is C14H22N2S2. The molecule has 0 spiro atoms. The quantitative estimate of drug-likeness (QED) is 0.859. The first-order valence-corrected chi connectivity index (χ1v) is 8.76. The van der Waals surface area contributed by atoms with Crippen LogP contribution >= 0.6 is 23.5 Å². The molecule has 2 N–H and O–H groups in total. The lowest BCUT2D eigenvalue weighted by molar-refractivity contribution is 0.313. The van der Waals surface area contributed by atoms with Crippen LogP contribution in [-0.4, -0.2) is 37.5 Å². The van der Waals surface area contributed by atoms with Gasteiger partial charge in [-0.2, -0.15) is 0 Å². The average molecular weight is 282 g/mol. The number of nitrogens with zero attached hydrogens (tertiary/aromatic N) is 1. The number of benzene rings is 1. The van der Waals surface area contributed by atoms with Crippen molar-refractivity contribution in [2.45, 2.75) is 22.3 Å². The van der Waals surface area contributed by atoms with Crippen LogP contribution in [0, 0.1) is 5.92 Å². The molecule has 18 heavy (non-hydrogen) atoms. The zero-order chi connectivity index (χ0) is 13.1. The van der Waals surface area contributed by atoms with Crippen LogP contribution in [0.1, 0.15) is 18.0 Å². The van der Waals surface area contributed by atoms with Gasteiger partial charge >= 0.3 is 0 Å². The molecule has 0 saturated carbocycles. The zero-order valence-electron chi connectivity index (χ0n) is 11.3. The predicted molar refractivity (Wildman–Crippen MR) is 82.5 cm³/mol. The van der Waals surface area contributed by atoms with Gasteiger partial charge in [-0.1, -0.05) is 6.07 Å². The van der Waals surface area contributed by atoms with Crippen LogP contribution < -0.4 is 5.73 Å². The largest absolute Gasteiger partial charge is 0.330 e. The predicted octanol–water partition coefficient (Wildman–Crippen LogP) is 3.08. The van der Waals surface area contributed by atoms with E-state index < -0.39 is 0 Å². The van der Waals surface area contributed by atoms with Crippen LogP contribution in [0.25, 0.3) is 0 Å². The van der Waals surface area contributed by atoms with Crippen molar-refractivity contribution in [3.63, 3.8) is 0 Å². The third-order valence-corrected chi connectivity index (χ3v) is 5.46. The van der Waals surface area contributed by atoms with Gasteiger partial charge in [0.2, 0.25) is 0 Å². The standard InChI is InChI=1S/C14H22N2S2/c1-16-9-10(8-15)6-12(16)11-4-5-13(17-2)14(7-11)18-3/h4-5,7,10,12H,6,8-9,15H2,1-3H3. The van der Waals surface area contributed by atoms with Crippen molar-refractivity contribution in [2.24, 2.45) is 11.7 Å². The summed E-state index contributed by atoms with van der Waals surface area (Å²) in [6.07, 6.45) is 5.49. The third-order valence-electron chi connectivity index (χ3n) is 3.76. The van der Waals surface area contributed by atoms with Crippen molar-refractivity contribution >= 4 is 23.5 Å². The molecule has 2 atom stereocenters. The highest BCUT2D eigenvalue weighted by atomic mass is 32.2. The molecule has 0 amide bonds. The summed E-state index contributed by atoms with van der Waals surface area (Å²) in [5, 5.41) is 0. The number of hydrogen-bond acceptors (Lipinski definition) is 4. The normalized spacial score (nSPS) is 24.7. The van der Waals surface area contributed by atoms with Gasteiger partial charge in [0.25, 0.3) is 0 Å². The Kier molecular flexibility index (Phi) is 5.01. The molecule has 0 radical (unpaired) electrons. The molecule has 2 rings (SSSR count). The zero-order valence-corrected chi connectivity index (χ0v) is 13.0. The summed E-state index contributed by atoms with van der Waals surface area (Å²) in [5.41, 5.74) is 7.24. The number of hydrogen-bond donors (Lipinski definition) is 1. The summed E-state index contributed by atoms with van der Waals surface area (Å²) in [5.74, 6) is 0.651. The second-order valence-electron chi connectivity index (χ2n) is 4.91. The molecule has 1 aliphatic heterocycles. The Morgan fingerprint density at radius 3 is 2.56 bits per heavy atom. The molecule has 1 aromatic rings. The smallest absolute Gasteiger partial charge is 0.0349 e. The highest BCUT2D eigenvalue weighted by molar-refractivity contribution is 8.01. The van der Waals surface area contributed by atoms with E-state index >= 15 is 0 Å². The van der Waals surface area contributed by atoms with E-state index in [0.29, 0.717) is 12.0 Å². The highest BCUT2D eigenvalue weighted by Crippen LogP contribution is 2.37. The van der Waals surface area contributed by atoms with Crippen molar-refractivity contribution in [3.05, 3.63) is 23.8 Å². The average Bonchev–Trinajstić information content (AvgIpc) is 2.79. The molecule has 1 aromatic carbocycles. The van der Waals surface area contributed by atoms with Gasteiger partial charge in [-0.3, -0.25) is 4.90 Å². The molecule has 1 saturated heterocycles. The van der Waals surface area contributed by atoms with Crippen molar-refractivity contribution in [2.75, 3.05) is 32.6 Å². The number of thioether (sulfide) groups is 2. The van der Waals surface area contributed by atoms with E-state index in [-0.39, 0.29) is 0 Å². The summed E-state index contributed by atoms with van der Waals surface area (Å²) >= 11 is 3.66. The minimum Gasteiger partial charge on any atom is -0.330 e. The van der Waals surface area contributed by atoms with Crippen molar-refractivity contribution in [1.82, 2.24) is 4.90 Å². The Morgan fingerprint density at radius 1 is 1.28 bits per heavy atom. The van der Waals surface area contributed by atoms with Gasteiger partial charge in [-0.15, -0.1) is 23.5 Å². The monoisotopic (exact) mass is 282 g/mol. The molecule has 1 heterocycles. The van der Waals surface area contributed by atoms with E-state index in [0.717, 1.165) is 13.1 Å². The fourth-order valence-corrected chi connectivity index (χ4v) is 4.21. The fraction of sp³-hybridized carbons (Fsp3) is 0.571. The van der Waals surface area contributed by atoms with Gasteiger partial charge in [0, 0.05) is 22.4 Å². The SMILES string of the molecule is CSc1ccc(C2CC(CN)CN2C)cc1SC. The van der Waals surface area contributed by atoms with Crippen LogP contribution in [0.5, 0.6) is 0 Å². The molecule has 0 aromatic heterocycles. The van der Waals surface area contributed by atoms with Crippen LogP contribution in [-0.2, 0) is 0 Å². The third kappa shape index (κ3) is 2.87. The molecule has 1 aliphatic rings. The summed E-state index contributed by atoms with van der Waals surface area (Å²) in [6, 6.07) is 7.44. The Bertz CT molecular complexity index is 409. The first-order valence-electron chi connectivity index (χ1n) is 6.31. The molecule has 0 bridgehead atoms. The number of likely N-dealkylation sites (tertiary alicyclic amines) is 1. The van der Waals surface area contributed by atoms with Crippen molar-refractivity contribution in [1.29, 1.82) is 0 Å². The number of rotatable bonds is 4. The summed E-state index contributed by atoms with van der Waals surface area (Å²) in [7, 11) is 2.21. The van der Waals surface area contributed by atoms with E-state index in [1.165, 1.54) is 21.8 Å². The van der Waals surface area contributed by atoms with E-state index in [9.17, 15) is 0 Å². The molecule has 100 valence electrons. The van der Waals surface area contributed by atoms with Crippen LogP contribution in [0.15, 0.2) is 28.0 Å². The molecule has 1 fully saturated rings. The second kappa shape index (κ2) is 6.33. The number of nitrogens with two attached hydrogens (primary N) is 1. The van der Waals surface area contributed by atoms with Crippen LogP contribution in [0.4, 0.5) is 0 Å². The van der Waals surface area contributed by atoms with Gasteiger partial charge in [0.1, 0.15) is 0 Å². The van der Waals surface area contributed by atoms with Gasteiger partial charge < -0.3 is 5.73 Å². The minimum absolute atomic E-state index is 0.542. The van der Waals surface area contributed by atoms with Gasteiger partial charge in [-0.05, 0) is 56.1 Å². The summed E-state index contributed by atoms with van der Waals surface area (Å²) < 4.78 is 0. The summed E-state index contributed by atoms with van der Waals surface area (Å²) in [6.45, 7) is 1.93. The summed E-state index contributed by atoms with van der Waals surface area (Å²) in [4.78, 5) is 5.21. The molecule has 2 unspecified atom stereocenters. The van der Waals surface area contributed by atoms with Gasteiger partial charge in [0.15, 0.2) is 0 Å². The Labute approximate surface area is 119 Å². The maximum absolute atomic E-state index is 5.80. The molecular weight excluding hydrogens is 260 g/mol. The lowest BCUT2D eigenvalue weighted by atomic mass is 10.00. The van der Waals surface area contributed by atoms with Crippen molar-refractivity contribution in [3.8, 4) is 0 Å². The minimum atomic E-state index is 0.542. The topological polar surface area (TPSA) is 29.3 Å². The Hall–Kier alpha value is -0.160. The lowest BCUT2D eigenvalue weighted by Crippen LogP contribution is -2.20. The maximum Gasteiger partial charge on any atom is 0.0349 e. The van der Waals surface area contributed by atoms with E-state index in [1.54, 1.807) is 0 Å².